The number of hydrogen-bond acceptors (Lipinski definition) is 5. The highest BCUT2D eigenvalue weighted by Gasteiger charge is 2.32. The van der Waals surface area contributed by atoms with Crippen LogP contribution in [0.15, 0.2) is 101 Å². The lowest BCUT2D eigenvalue weighted by Crippen LogP contribution is -2.16. The Kier molecular flexibility index (Phi) is 5.95. The Morgan fingerprint density at radius 3 is 2.37 bits per heavy atom. The Labute approximate surface area is 205 Å². The molecule has 0 N–H and O–H groups in total. The molecule has 0 spiro atoms. The molecule has 0 aromatic heterocycles. The van der Waals surface area contributed by atoms with Crippen LogP contribution < -0.4 is 14.4 Å². The first kappa shape index (κ1) is 22.2. The minimum atomic E-state index is -0.285. The van der Waals surface area contributed by atoms with Crippen LogP contribution in [0.25, 0.3) is 10.8 Å². The number of fused-ring (bicyclic) bond motifs is 3. The van der Waals surface area contributed by atoms with Crippen molar-refractivity contribution in [1.29, 1.82) is 5.26 Å². The zero-order valence-corrected chi connectivity index (χ0v) is 19.9. The van der Waals surface area contributed by atoms with E-state index in [1.165, 1.54) is 0 Å². The molecule has 5 nitrogen and oxygen atoms in total. The molecule has 4 aromatic rings. The molecule has 1 aliphatic heterocycles. The smallest absolute Gasteiger partial charge is 0.234 e. The van der Waals surface area contributed by atoms with Gasteiger partial charge in [-0.1, -0.05) is 48.5 Å². The van der Waals surface area contributed by atoms with Gasteiger partial charge >= 0.3 is 0 Å². The van der Waals surface area contributed by atoms with E-state index < -0.39 is 0 Å². The highest BCUT2D eigenvalue weighted by atomic mass is 16.5. The van der Waals surface area contributed by atoms with E-state index in [9.17, 15) is 5.26 Å². The summed E-state index contributed by atoms with van der Waals surface area (Å²) in [5.41, 5.74) is 4.44. The molecule has 0 radical (unpaired) electrons. The summed E-state index contributed by atoms with van der Waals surface area (Å²) in [4.78, 5) is 6.71. The normalized spacial score (nSPS) is 15.0. The van der Waals surface area contributed by atoms with Crippen molar-refractivity contribution in [2.45, 2.75) is 5.92 Å². The molecule has 1 atom stereocenters. The van der Waals surface area contributed by atoms with Crippen molar-refractivity contribution in [3.05, 3.63) is 113 Å². The fourth-order valence-electron chi connectivity index (χ4n) is 4.37. The molecule has 172 valence electrons. The van der Waals surface area contributed by atoms with Gasteiger partial charge in [-0.15, -0.1) is 0 Å². The largest absolute Gasteiger partial charge is 0.497 e. The van der Waals surface area contributed by atoms with Crippen LogP contribution in [0.1, 0.15) is 22.6 Å². The van der Waals surface area contributed by atoms with Crippen molar-refractivity contribution in [2.75, 3.05) is 26.1 Å². The molecule has 0 amide bonds. The first-order valence-electron chi connectivity index (χ1n) is 11.4. The molecule has 5 heteroatoms. The van der Waals surface area contributed by atoms with E-state index in [0.717, 1.165) is 44.6 Å². The summed E-state index contributed by atoms with van der Waals surface area (Å²) in [6.45, 7) is 0. The standard InChI is InChI=1S/C30H25N3O2/c1-33(2)23-13-10-22(11-14-23)28-26-17-12-21-6-4-5-7-25(21)29(26)35-30(27(28)18-31)32-19-20-8-15-24(34-3)16-9-20/h4-17,19,28H,1-3H3/b32-19+. The van der Waals surface area contributed by atoms with Gasteiger partial charge in [-0.25, -0.2) is 4.99 Å². The summed E-state index contributed by atoms with van der Waals surface area (Å²) >= 11 is 0. The number of aliphatic imine (C=N–C) groups is 1. The second-order valence-corrected chi connectivity index (χ2v) is 8.59. The second-order valence-electron chi connectivity index (χ2n) is 8.59. The first-order chi connectivity index (χ1) is 17.1. The van der Waals surface area contributed by atoms with Crippen molar-refractivity contribution < 1.29 is 9.47 Å². The summed E-state index contributed by atoms with van der Waals surface area (Å²) in [6, 6.07) is 30.5. The maximum absolute atomic E-state index is 10.3. The van der Waals surface area contributed by atoms with Gasteiger partial charge in [-0.2, -0.15) is 5.26 Å². The van der Waals surface area contributed by atoms with E-state index in [-0.39, 0.29) is 5.92 Å². The maximum atomic E-state index is 10.3. The summed E-state index contributed by atoms with van der Waals surface area (Å²) < 4.78 is 11.6. The molecule has 5 rings (SSSR count). The van der Waals surface area contributed by atoms with E-state index >= 15 is 0 Å². The zero-order valence-electron chi connectivity index (χ0n) is 19.9. The van der Waals surface area contributed by atoms with Gasteiger partial charge in [0.1, 0.15) is 23.1 Å². The molecule has 1 heterocycles. The third-order valence-corrected chi connectivity index (χ3v) is 6.25. The summed E-state index contributed by atoms with van der Waals surface area (Å²) in [5.74, 6) is 1.54. The molecular weight excluding hydrogens is 434 g/mol. The third-order valence-electron chi connectivity index (χ3n) is 6.25. The summed E-state index contributed by atoms with van der Waals surface area (Å²) in [6.07, 6.45) is 1.72. The van der Waals surface area contributed by atoms with E-state index in [1.54, 1.807) is 13.3 Å². The number of benzene rings is 4. The van der Waals surface area contributed by atoms with Crippen LogP contribution in [0.5, 0.6) is 11.5 Å². The molecular formula is C30H25N3O2. The van der Waals surface area contributed by atoms with Gasteiger partial charge in [0, 0.05) is 36.9 Å². The third kappa shape index (κ3) is 4.22. The number of hydrogen-bond donors (Lipinski definition) is 0. The van der Waals surface area contributed by atoms with Gasteiger partial charge in [0.2, 0.25) is 5.88 Å². The van der Waals surface area contributed by atoms with Gasteiger partial charge in [0.05, 0.1) is 13.0 Å². The number of nitriles is 1. The molecule has 4 aromatic carbocycles. The van der Waals surface area contributed by atoms with Gasteiger partial charge in [-0.3, -0.25) is 0 Å². The minimum Gasteiger partial charge on any atom is -0.497 e. The molecule has 35 heavy (non-hydrogen) atoms. The average Bonchev–Trinajstić information content (AvgIpc) is 2.91. The van der Waals surface area contributed by atoms with Gasteiger partial charge < -0.3 is 14.4 Å². The molecule has 0 saturated carbocycles. The molecule has 0 aliphatic carbocycles. The topological polar surface area (TPSA) is 57.8 Å². The fourth-order valence-corrected chi connectivity index (χ4v) is 4.37. The van der Waals surface area contributed by atoms with Crippen LogP contribution in [0.3, 0.4) is 0 Å². The fraction of sp³-hybridized carbons (Fsp3) is 0.133. The molecule has 0 saturated heterocycles. The van der Waals surface area contributed by atoms with Crippen LogP contribution in [0, 0.1) is 11.3 Å². The number of ether oxygens (including phenoxy) is 2. The van der Waals surface area contributed by atoms with Crippen molar-refractivity contribution in [3.63, 3.8) is 0 Å². The van der Waals surface area contributed by atoms with Crippen LogP contribution in [-0.2, 0) is 0 Å². The van der Waals surface area contributed by atoms with Crippen LogP contribution in [0.2, 0.25) is 0 Å². The highest BCUT2D eigenvalue weighted by molar-refractivity contribution is 5.91. The summed E-state index contributed by atoms with van der Waals surface area (Å²) in [7, 11) is 5.66. The van der Waals surface area contributed by atoms with E-state index in [4.69, 9.17) is 9.47 Å². The molecule has 0 bridgehead atoms. The van der Waals surface area contributed by atoms with Crippen LogP contribution in [0.4, 0.5) is 5.69 Å². The Hall–Kier alpha value is -4.56. The number of rotatable bonds is 5. The Morgan fingerprint density at radius 2 is 1.69 bits per heavy atom. The zero-order chi connectivity index (χ0) is 24.4. The lowest BCUT2D eigenvalue weighted by molar-refractivity contribution is 0.400. The highest BCUT2D eigenvalue weighted by Crippen LogP contribution is 2.46. The summed E-state index contributed by atoms with van der Waals surface area (Å²) in [5, 5.41) is 12.3. The number of nitrogens with zero attached hydrogens (tertiary/aromatic N) is 3. The molecule has 1 unspecified atom stereocenters. The van der Waals surface area contributed by atoms with Gasteiger partial charge in [0.25, 0.3) is 0 Å². The Balaban J connectivity index is 1.66. The monoisotopic (exact) mass is 459 g/mol. The maximum Gasteiger partial charge on any atom is 0.234 e. The second kappa shape index (κ2) is 9.36. The predicted molar refractivity (Wildman–Crippen MR) is 140 cm³/mol. The molecule has 0 fully saturated rings. The van der Waals surface area contributed by atoms with Crippen molar-refractivity contribution >= 4 is 22.7 Å². The average molecular weight is 460 g/mol. The van der Waals surface area contributed by atoms with E-state index in [1.807, 2.05) is 56.6 Å². The number of anilines is 1. The van der Waals surface area contributed by atoms with Crippen molar-refractivity contribution in [1.82, 2.24) is 0 Å². The lowest BCUT2D eigenvalue weighted by atomic mass is 9.82. The lowest BCUT2D eigenvalue weighted by Gasteiger charge is -2.28. The van der Waals surface area contributed by atoms with Crippen LogP contribution in [-0.4, -0.2) is 27.4 Å². The number of allylic oxidation sites excluding steroid dienone is 1. The number of methoxy groups -OCH3 is 1. The van der Waals surface area contributed by atoms with E-state index in [0.29, 0.717) is 11.5 Å². The predicted octanol–water partition coefficient (Wildman–Crippen LogP) is 6.29. The van der Waals surface area contributed by atoms with Gasteiger partial charge in [-0.05, 0) is 52.9 Å². The SMILES string of the molecule is COc1ccc(/C=N/C2=C(C#N)C(c3ccc(N(C)C)cc3)c3ccc4ccccc4c3O2)cc1. The first-order valence-corrected chi connectivity index (χ1v) is 11.4. The minimum absolute atomic E-state index is 0.285. The van der Waals surface area contributed by atoms with Gasteiger partial charge in [0.15, 0.2) is 0 Å². The quantitative estimate of drug-likeness (QED) is 0.329. The van der Waals surface area contributed by atoms with E-state index in [2.05, 4.69) is 58.4 Å². The van der Waals surface area contributed by atoms with Crippen molar-refractivity contribution in [2.24, 2.45) is 4.99 Å². The van der Waals surface area contributed by atoms with Crippen LogP contribution >= 0.6 is 0 Å². The Morgan fingerprint density at radius 1 is 0.943 bits per heavy atom. The Bertz CT molecular complexity index is 1480. The van der Waals surface area contributed by atoms with Crippen molar-refractivity contribution in [3.8, 4) is 17.6 Å². The molecule has 1 aliphatic rings.